The SMILES string of the molecule is Cc1cc(NC2CCCCC2)nc2c(C(=O)NC(C)(C)C3CC3)ccn12. The Hall–Kier alpha value is -2.04. The molecule has 2 aliphatic carbocycles. The van der Waals surface area contributed by atoms with Crippen LogP contribution in [0.2, 0.25) is 0 Å². The van der Waals surface area contributed by atoms with E-state index >= 15 is 0 Å². The van der Waals surface area contributed by atoms with Crippen molar-refractivity contribution in [2.75, 3.05) is 5.32 Å². The number of hydrogen-bond donors (Lipinski definition) is 2. The van der Waals surface area contributed by atoms with Crippen LogP contribution in [0.5, 0.6) is 0 Å². The molecule has 0 spiro atoms. The topological polar surface area (TPSA) is 58.4 Å². The first-order chi connectivity index (χ1) is 12.4. The average molecular weight is 354 g/mol. The van der Waals surface area contributed by atoms with Crippen LogP contribution >= 0.6 is 0 Å². The lowest BCUT2D eigenvalue weighted by molar-refractivity contribution is 0.0905. The molecule has 2 aliphatic rings. The standard InChI is InChI=1S/C21H30N4O/c1-14-13-18(22-16-7-5-4-6-8-16)23-19-17(11-12-25(14)19)20(26)24-21(2,3)15-9-10-15/h11-13,15-16H,4-10H2,1-3H3,(H,22,23)(H,24,26). The summed E-state index contributed by atoms with van der Waals surface area (Å²) in [7, 11) is 0. The van der Waals surface area contributed by atoms with E-state index < -0.39 is 0 Å². The Kier molecular flexibility index (Phi) is 4.41. The Morgan fingerprint density at radius 3 is 2.62 bits per heavy atom. The summed E-state index contributed by atoms with van der Waals surface area (Å²) in [5.41, 5.74) is 2.34. The summed E-state index contributed by atoms with van der Waals surface area (Å²) in [5.74, 6) is 1.46. The van der Waals surface area contributed by atoms with Crippen molar-refractivity contribution in [2.24, 2.45) is 5.92 Å². The molecule has 5 nitrogen and oxygen atoms in total. The van der Waals surface area contributed by atoms with Gasteiger partial charge in [-0.25, -0.2) is 4.98 Å². The van der Waals surface area contributed by atoms with Gasteiger partial charge in [0.1, 0.15) is 5.82 Å². The monoisotopic (exact) mass is 354 g/mol. The highest BCUT2D eigenvalue weighted by Crippen LogP contribution is 2.39. The molecule has 4 rings (SSSR count). The summed E-state index contributed by atoms with van der Waals surface area (Å²) >= 11 is 0. The number of anilines is 1. The highest BCUT2D eigenvalue weighted by Gasteiger charge is 2.39. The van der Waals surface area contributed by atoms with Gasteiger partial charge in [0.25, 0.3) is 5.91 Å². The van der Waals surface area contributed by atoms with Crippen molar-refractivity contribution >= 4 is 17.4 Å². The normalized spacial score (nSPS) is 18.9. The largest absolute Gasteiger partial charge is 0.367 e. The lowest BCUT2D eigenvalue weighted by atomic mass is 9.95. The third-order valence-corrected chi connectivity index (χ3v) is 6.05. The smallest absolute Gasteiger partial charge is 0.255 e. The van der Waals surface area contributed by atoms with E-state index in [9.17, 15) is 4.79 Å². The minimum absolute atomic E-state index is 0.0221. The molecular formula is C21H30N4O. The van der Waals surface area contributed by atoms with Gasteiger partial charge in [0.05, 0.1) is 5.56 Å². The first-order valence-corrected chi connectivity index (χ1v) is 10.0. The van der Waals surface area contributed by atoms with E-state index in [1.54, 1.807) is 0 Å². The molecule has 0 saturated heterocycles. The van der Waals surface area contributed by atoms with Crippen molar-refractivity contribution in [3.05, 3.63) is 29.6 Å². The van der Waals surface area contributed by atoms with E-state index in [1.165, 1.54) is 44.9 Å². The van der Waals surface area contributed by atoms with Crippen molar-refractivity contribution in [3.63, 3.8) is 0 Å². The molecule has 2 heterocycles. The molecule has 26 heavy (non-hydrogen) atoms. The fraction of sp³-hybridized carbons (Fsp3) is 0.619. The first-order valence-electron chi connectivity index (χ1n) is 10.0. The number of amides is 1. The molecule has 0 radical (unpaired) electrons. The van der Waals surface area contributed by atoms with Crippen LogP contribution in [0.15, 0.2) is 18.3 Å². The molecule has 0 aliphatic heterocycles. The average Bonchev–Trinajstić information content (AvgIpc) is 3.36. The molecule has 1 amide bonds. The second-order valence-corrected chi connectivity index (χ2v) is 8.64. The molecule has 2 saturated carbocycles. The summed E-state index contributed by atoms with van der Waals surface area (Å²) in [5, 5.41) is 6.81. The predicted octanol–water partition coefficient (Wildman–Crippen LogP) is 4.31. The van der Waals surface area contributed by atoms with Crippen LogP contribution < -0.4 is 10.6 Å². The van der Waals surface area contributed by atoms with Gasteiger partial charge in [-0.3, -0.25) is 4.79 Å². The molecule has 2 aromatic rings. The molecule has 0 bridgehead atoms. The number of carbonyl (C=O) groups excluding carboxylic acids is 1. The van der Waals surface area contributed by atoms with Crippen LogP contribution in [0.25, 0.3) is 5.65 Å². The van der Waals surface area contributed by atoms with Gasteiger partial charge < -0.3 is 15.0 Å². The molecular weight excluding hydrogens is 324 g/mol. The van der Waals surface area contributed by atoms with Gasteiger partial charge in [0, 0.05) is 29.5 Å². The molecule has 2 aromatic heterocycles. The zero-order valence-electron chi connectivity index (χ0n) is 16.1. The summed E-state index contributed by atoms with van der Waals surface area (Å²) < 4.78 is 2.01. The molecule has 140 valence electrons. The van der Waals surface area contributed by atoms with Crippen molar-refractivity contribution in [1.82, 2.24) is 14.7 Å². The molecule has 2 N–H and O–H groups in total. The number of nitrogens with one attached hydrogen (secondary N) is 2. The highest BCUT2D eigenvalue weighted by molar-refractivity contribution is 6.00. The minimum Gasteiger partial charge on any atom is -0.367 e. The fourth-order valence-corrected chi connectivity index (χ4v) is 4.21. The number of carbonyl (C=O) groups is 1. The van der Waals surface area contributed by atoms with Crippen molar-refractivity contribution in [2.45, 2.75) is 77.3 Å². The Labute approximate surface area is 155 Å². The first kappa shape index (κ1) is 17.4. The van der Waals surface area contributed by atoms with Crippen LogP contribution in [0.3, 0.4) is 0 Å². The van der Waals surface area contributed by atoms with Gasteiger partial charge >= 0.3 is 0 Å². The van der Waals surface area contributed by atoms with Gasteiger partial charge in [-0.2, -0.15) is 0 Å². The number of fused-ring (bicyclic) bond motifs is 1. The Morgan fingerprint density at radius 1 is 1.19 bits per heavy atom. The number of hydrogen-bond acceptors (Lipinski definition) is 3. The van der Waals surface area contributed by atoms with E-state index in [0.29, 0.717) is 17.5 Å². The number of rotatable bonds is 5. The van der Waals surface area contributed by atoms with E-state index in [-0.39, 0.29) is 11.4 Å². The lowest BCUT2D eigenvalue weighted by Crippen LogP contribution is -2.45. The fourth-order valence-electron chi connectivity index (χ4n) is 4.21. The summed E-state index contributed by atoms with van der Waals surface area (Å²) in [4.78, 5) is 17.7. The van der Waals surface area contributed by atoms with Crippen LogP contribution in [0.1, 0.15) is 74.8 Å². The summed E-state index contributed by atoms with van der Waals surface area (Å²) in [6.45, 7) is 6.31. The van der Waals surface area contributed by atoms with Gasteiger partial charge in [-0.1, -0.05) is 19.3 Å². The van der Waals surface area contributed by atoms with Crippen molar-refractivity contribution < 1.29 is 4.79 Å². The van der Waals surface area contributed by atoms with Crippen LogP contribution in [0, 0.1) is 12.8 Å². The number of nitrogens with zero attached hydrogens (tertiary/aromatic N) is 2. The summed E-state index contributed by atoms with van der Waals surface area (Å²) in [6, 6.07) is 4.47. The van der Waals surface area contributed by atoms with Crippen molar-refractivity contribution in [1.29, 1.82) is 0 Å². The zero-order chi connectivity index (χ0) is 18.3. The van der Waals surface area contributed by atoms with Crippen LogP contribution in [0.4, 0.5) is 5.82 Å². The van der Waals surface area contributed by atoms with Gasteiger partial charge in [0.15, 0.2) is 5.65 Å². The van der Waals surface area contributed by atoms with E-state index in [1.807, 2.05) is 16.7 Å². The zero-order valence-corrected chi connectivity index (χ0v) is 16.1. The maximum atomic E-state index is 12.9. The van der Waals surface area contributed by atoms with Crippen LogP contribution in [-0.2, 0) is 0 Å². The van der Waals surface area contributed by atoms with Crippen LogP contribution in [-0.4, -0.2) is 26.9 Å². The second-order valence-electron chi connectivity index (χ2n) is 8.64. The molecule has 0 unspecified atom stereocenters. The van der Waals surface area contributed by atoms with E-state index in [0.717, 1.165) is 17.2 Å². The summed E-state index contributed by atoms with van der Waals surface area (Å²) in [6.07, 6.45) is 10.7. The van der Waals surface area contributed by atoms with Gasteiger partial charge in [-0.15, -0.1) is 0 Å². The van der Waals surface area contributed by atoms with E-state index in [4.69, 9.17) is 4.98 Å². The molecule has 0 atom stereocenters. The van der Waals surface area contributed by atoms with E-state index in [2.05, 4.69) is 37.5 Å². The number of aryl methyl sites for hydroxylation is 1. The number of aromatic nitrogens is 2. The maximum Gasteiger partial charge on any atom is 0.255 e. The Morgan fingerprint density at radius 2 is 1.92 bits per heavy atom. The minimum atomic E-state index is -0.154. The van der Waals surface area contributed by atoms with Gasteiger partial charge in [0.2, 0.25) is 0 Å². The lowest BCUT2D eigenvalue weighted by Gasteiger charge is -2.26. The highest BCUT2D eigenvalue weighted by atomic mass is 16.1. The van der Waals surface area contributed by atoms with Gasteiger partial charge in [-0.05, 0) is 58.4 Å². The quantitative estimate of drug-likeness (QED) is 0.841. The molecule has 5 heteroatoms. The molecule has 0 aromatic carbocycles. The predicted molar refractivity (Wildman–Crippen MR) is 105 cm³/mol. The van der Waals surface area contributed by atoms with Crippen molar-refractivity contribution in [3.8, 4) is 0 Å². The third kappa shape index (κ3) is 3.44. The Balaban J connectivity index is 1.59. The molecule has 2 fully saturated rings. The third-order valence-electron chi connectivity index (χ3n) is 6.05. The maximum absolute atomic E-state index is 12.9. The Bertz CT molecular complexity index is 813. The second kappa shape index (κ2) is 6.60.